The normalized spacial score (nSPS) is 9.69. The number of phenols is 1. The molecule has 1 N–H and O–H groups in total. The van der Waals surface area contributed by atoms with E-state index in [1.807, 2.05) is 0 Å². The fraction of sp³-hybridized carbons (Fsp3) is 0.333. The topological polar surface area (TPSA) is 47.9 Å². The highest BCUT2D eigenvalue weighted by molar-refractivity contribution is 5.61. The highest BCUT2D eigenvalue weighted by Gasteiger charge is 2.19. The summed E-state index contributed by atoms with van der Waals surface area (Å²) in [6, 6.07) is 1.50. The van der Waals surface area contributed by atoms with Crippen molar-refractivity contribution in [1.82, 2.24) is 0 Å². The molecule has 0 aliphatic carbocycles. The van der Waals surface area contributed by atoms with Crippen LogP contribution in [0.3, 0.4) is 0 Å². The van der Waals surface area contributed by atoms with E-state index in [2.05, 4.69) is 6.58 Å². The molecule has 1 aromatic rings. The Morgan fingerprint density at radius 2 is 1.81 bits per heavy atom. The van der Waals surface area contributed by atoms with E-state index in [-0.39, 0.29) is 5.75 Å². The molecule has 16 heavy (non-hydrogen) atoms. The van der Waals surface area contributed by atoms with Crippen LogP contribution >= 0.6 is 0 Å². The van der Waals surface area contributed by atoms with Crippen LogP contribution in [0.15, 0.2) is 18.7 Å². The van der Waals surface area contributed by atoms with E-state index >= 15 is 0 Å². The van der Waals surface area contributed by atoms with Crippen molar-refractivity contribution in [2.75, 3.05) is 21.3 Å². The van der Waals surface area contributed by atoms with Crippen molar-refractivity contribution in [2.45, 2.75) is 6.42 Å². The van der Waals surface area contributed by atoms with Crippen molar-refractivity contribution in [3.8, 4) is 23.0 Å². The van der Waals surface area contributed by atoms with Crippen LogP contribution in [0.1, 0.15) is 5.56 Å². The van der Waals surface area contributed by atoms with Crippen LogP contribution in [0.4, 0.5) is 0 Å². The fourth-order valence-corrected chi connectivity index (χ4v) is 1.54. The summed E-state index contributed by atoms with van der Waals surface area (Å²) in [7, 11) is 4.54. The first-order valence-electron chi connectivity index (χ1n) is 4.81. The Bertz CT molecular complexity index is 385. The quantitative estimate of drug-likeness (QED) is 0.778. The molecule has 0 saturated carbocycles. The van der Waals surface area contributed by atoms with E-state index in [0.717, 1.165) is 0 Å². The summed E-state index contributed by atoms with van der Waals surface area (Å²) in [5.74, 6) is 1.48. The van der Waals surface area contributed by atoms with Gasteiger partial charge in [0.05, 0.1) is 21.3 Å². The fourth-order valence-electron chi connectivity index (χ4n) is 1.54. The molecule has 4 nitrogen and oxygen atoms in total. The zero-order valence-corrected chi connectivity index (χ0v) is 9.74. The molecule has 0 radical (unpaired) electrons. The summed E-state index contributed by atoms with van der Waals surface area (Å²) in [5.41, 5.74) is 0.634. The number of benzene rings is 1. The van der Waals surface area contributed by atoms with E-state index < -0.39 is 0 Å². The van der Waals surface area contributed by atoms with Crippen LogP contribution in [0.5, 0.6) is 23.0 Å². The van der Waals surface area contributed by atoms with Crippen molar-refractivity contribution in [3.63, 3.8) is 0 Å². The van der Waals surface area contributed by atoms with E-state index in [4.69, 9.17) is 14.2 Å². The summed E-state index contributed by atoms with van der Waals surface area (Å²) in [6.45, 7) is 3.63. The lowest BCUT2D eigenvalue weighted by Crippen LogP contribution is -1.99. The predicted molar refractivity (Wildman–Crippen MR) is 61.7 cm³/mol. The number of hydrogen-bond donors (Lipinski definition) is 1. The van der Waals surface area contributed by atoms with Crippen molar-refractivity contribution in [2.24, 2.45) is 0 Å². The van der Waals surface area contributed by atoms with Gasteiger partial charge in [0.2, 0.25) is 5.75 Å². The van der Waals surface area contributed by atoms with Gasteiger partial charge in [0.15, 0.2) is 11.5 Å². The van der Waals surface area contributed by atoms with Crippen LogP contribution < -0.4 is 14.2 Å². The summed E-state index contributed by atoms with van der Waals surface area (Å²) in [4.78, 5) is 0. The lowest BCUT2D eigenvalue weighted by Gasteiger charge is -2.16. The zero-order chi connectivity index (χ0) is 12.1. The van der Waals surface area contributed by atoms with Gasteiger partial charge in [-0.3, -0.25) is 0 Å². The average molecular weight is 224 g/mol. The first kappa shape index (κ1) is 12.2. The molecule has 1 rings (SSSR count). The van der Waals surface area contributed by atoms with E-state index in [0.29, 0.717) is 29.2 Å². The molecular formula is C12H16O4. The third-order valence-electron chi connectivity index (χ3n) is 2.26. The maximum Gasteiger partial charge on any atom is 0.203 e. The van der Waals surface area contributed by atoms with Gasteiger partial charge < -0.3 is 19.3 Å². The molecule has 1 aromatic carbocycles. The molecule has 0 aliphatic rings. The predicted octanol–water partition coefficient (Wildman–Crippen LogP) is 2.15. The largest absolute Gasteiger partial charge is 0.507 e. The Morgan fingerprint density at radius 1 is 1.19 bits per heavy atom. The van der Waals surface area contributed by atoms with Gasteiger partial charge in [-0.05, 0) is 6.42 Å². The van der Waals surface area contributed by atoms with Gasteiger partial charge in [0, 0.05) is 11.6 Å². The Labute approximate surface area is 95.1 Å². The lowest BCUT2D eigenvalue weighted by atomic mass is 10.1. The van der Waals surface area contributed by atoms with Crippen molar-refractivity contribution in [3.05, 3.63) is 24.3 Å². The standard InChI is InChI=1S/C12H16O4/c1-5-6-8-9(13)7-10(14-2)12(16-4)11(8)15-3/h5,7,13H,1,6H2,2-4H3. The van der Waals surface area contributed by atoms with Gasteiger partial charge in [-0.2, -0.15) is 0 Å². The molecule has 0 spiro atoms. The van der Waals surface area contributed by atoms with E-state index in [1.165, 1.54) is 27.4 Å². The number of aromatic hydroxyl groups is 1. The second kappa shape index (κ2) is 5.30. The Morgan fingerprint density at radius 3 is 2.25 bits per heavy atom. The third-order valence-corrected chi connectivity index (χ3v) is 2.26. The second-order valence-corrected chi connectivity index (χ2v) is 3.14. The summed E-state index contributed by atoms with van der Waals surface area (Å²) < 4.78 is 15.5. The summed E-state index contributed by atoms with van der Waals surface area (Å²) in [5, 5.41) is 9.82. The first-order chi connectivity index (χ1) is 7.69. The van der Waals surface area contributed by atoms with Crippen LogP contribution in [0, 0.1) is 0 Å². The van der Waals surface area contributed by atoms with Crippen LogP contribution in [-0.4, -0.2) is 26.4 Å². The molecule has 0 bridgehead atoms. The molecule has 0 aromatic heterocycles. The smallest absolute Gasteiger partial charge is 0.203 e. The minimum absolute atomic E-state index is 0.106. The molecule has 0 aliphatic heterocycles. The van der Waals surface area contributed by atoms with Crippen molar-refractivity contribution >= 4 is 0 Å². The third kappa shape index (κ3) is 2.05. The summed E-state index contributed by atoms with van der Waals surface area (Å²) >= 11 is 0. The number of phenolic OH excluding ortho intramolecular Hbond substituents is 1. The van der Waals surface area contributed by atoms with Gasteiger partial charge in [0.1, 0.15) is 5.75 Å². The highest BCUT2D eigenvalue weighted by atomic mass is 16.5. The number of rotatable bonds is 5. The molecule has 0 heterocycles. The van der Waals surface area contributed by atoms with E-state index in [1.54, 1.807) is 6.08 Å². The maximum absolute atomic E-state index is 9.82. The van der Waals surface area contributed by atoms with Gasteiger partial charge >= 0.3 is 0 Å². The molecule has 0 atom stereocenters. The Kier molecular flexibility index (Phi) is 4.05. The van der Waals surface area contributed by atoms with Gasteiger partial charge in [0.25, 0.3) is 0 Å². The molecule has 0 unspecified atom stereocenters. The lowest BCUT2D eigenvalue weighted by molar-refractivity contribution is 0.318. The van der Waals surface area contributed by atoms with Crippen LogP contribution in [0.2, 0.25) is 0 Å². The van der Waals surface area contributed by atoms with E-state index in [9.17, 15) is 5.11 Å². The summed E-state index contributed by atoms with van der Waals surface area (Å²) in [6.07, 6.45) is 2.18. The monoisotopic (exact) mass is 224 g/mol. The van der Waals surface area contributed by atoms with Crippen LogP contribution in [0.25, 0.3) is 0 Å². The molecule has 0 fully saturated rings. The second-order valence-electron chi connectivity index (χ2n) is 3.14. The number of methoxy groups -OCH3 is 3. The van der Waals surface area contributed by atoms with Crippen molar-refractivity contribution < 1.29 is 19.3 Å². The molecule has 4 heteroatoms. The number of hydrogen-bond acceptors (Lipinski definition) is 4. The molecule has 0 amide bonds. The Hall–Kier alpha value is -1.84. The van der Waals surface area contributed by atoms with Crippen molar-refractivity contribution in [1.29, 1.82) is 0 Å². The number of allylic oxidation sites excluding steroid dienone is 1. The molecule has 0 saturated heterocycles. The minimum Gasteiger partial charge on any atom is -0.507 e. The SMILES string of the molecule is C=CCc1c(O)cc(OC)c(OC)c1OC. The maximum atomic E-state index is 9.82. The van der Waals surface area contributed by atoms with Gasteiger partial charge in [-0.25, -0.2) is 0 Å². The first-order valence-corrected chi connectivity index (χ1v) is 4.81. The van der Waals surface area contributed by atoms with Gasteiger partial charge in [-0.15, -0.1) is 6.58 Å². The van der Waals surface area contributed by atoms with Crippen LogP contribution in [-0.2, 0) is 6.42 Å². The molecular weight excluding hydrogens is 208 g/mol. The minimum atomic E-state index is 0.106. The average Bonchev–Trinajstić information content (AvgIpc) is 2.30. The van der Waals surface area contributed by atoms with Gasteiger partial charge in [-0.1, -0.05) is 6.08 Å². The molecule has 88 valence electrons. The Balaban J connectivity index is 3.44. The highest BCUT2D eigenvalue weighted by Crippen LogP contribution is 2.44. The zero-order valence-electron chi connectivity index (χ0n) is 9.74. The number of ether oxygens (including phenoxy) is 3.